The van der Waals surface area contributed by atoms with E-state index in [1.54, 1.807) is 43.3 Å². The Morgan fingerprint density at radius 3 is 2.34 bits per heavy atom. The summed E-state index contributed by atoms with van der Waals surface area (Å²) >= 11 is 6.06. The predicted molar refractivity (Wildman–Crippen MR) is 117 cm³/mol. The van der Waals surface area contributed by atoms with Crippen molar-refractivity contribution in [2.45, 2.75) is 25.2 Å². The molecule has 29 heavy (non-hydrogen) atoms. The maximum atomic E-state index is 12.9. The molecule has 3 aromatic carbocycles. The number of nitrogens with one attached hydrogen (secondary N) is 2. The third-order valence-electron chi connectivity index (χ3n) is 4.49. The Hall–Kier alpha value is -2.83. The van der Waals surface area contributed by atoms with Gasteiger partial charge >= 0.3 is 0 Å². The van der Waals surface area contributed by atoms with Gasteiger partial charge in [0.05, 0.1) is 22.0 Å². The molecule has 0 aliphatic heterocycles. The SMILES string of the molecule is Cc1ccccc1CC(=O)Nc1ccc(C)c(S(=O)(=O)Nc2ccccc2Cl)c1. The predicted octanol–water partition coefficient (Wildman–Crippen LogP) is 4.94. The van der Waals surface area contributed by atoms with E-state index in [-0.39, 0.29) is 17.2 Å². The first-order chi connectivity index (χ1) is 13.8. The highest BCUT2D eigenvalue weighted by atomic mass is 35.5. The molecule has 3 aromatic rings. The van der Waals surface area contributed by atoms with Crippen LogP contribution in [0.5, 0.6) is 0 Å². The van der Waals surface area contributed by atoms with Gasteiger partial charge < -0.3 is 5.32 Å². The summed E-state index contributed by atoms with van der Waals surface area (Å²) in [5.74, 6) is -0.217. The largest absolute Gasteiger partial charge is 0.326 e. The van der Waals surface area contributed by atoms with Gasteiger partial charge in [0.15, 0.2) is 0 Å². The maximum absolute atomic E-state index is 12.9. The van der Waals surface area contributed by atoms with Crippen molar-refractivity contribution in [3.05, 3.63) is 88.4 Å². The van der Waals surface area contributed by atoms with Crippen molar-refractivity contribution < 1.29 is 13.2 Å². The molecule has 0 saturated carbocycles. The number of amides is 1. The third-order valence-corrected chi connectivity index (χ3v) is 6.33. The molecular weight excluding hydrogens is 408 g/mol. The number of hydrogen-bond donors (Lipinski definition) is 2. The van der Waals surface area contributed by atoms with E-state index in [4.69, 9.17) is 11.6 Å². The van der Waals surface area contributed by atoms with Crippen molar-refractivity contribution in [3.63, 3.8) is 0 Å². The van der Waals surface area contributed by atoms with E-state index in [1.807, 2.05) is 31.2 Å². The number of halogens is 1. The van der Waals surface area contributed by atoms with Crippen LogP contribution in [-0.2, 0) is 21.2 Å². The average Bonchev–Trinajstić information content (AvgIpc) is 2.67. The van der Waals surface area contributed by atoms with E-state index in [0.29, 0.717) is 22.0 Å². The van der Waals surface area contributed by atoms with Crippen LogP contribution in [0.1, 0.15) is 16.7 Å². The Balaban J connectivity index is 1.81. The summed E-state index contributed by atoms with van der Waals surface area (Å²) in [6, 6.07) is 19.0. The van der Waals surface area contributed by atoms with Crippen LogP contribution < -0.4 is 10.0 Å². The molecule has 0 aromatic heterocycles. The van der Waals surface area contributed by atoms with E-state index in [1.165, 1.54) is 6.07 Å². The van der Waals surface area contributed by atoms with Crippen LogP contribution in [0, 0.1) is 13.8 Å². The lowest BCUT2D eigenvalue weighted by atomic mass is 10.1. The summed E-state index contributed by atoms with van der Waals surface area (Å²) in [5.41, 5.74) is 3.21. The molecule has 5 nitrogen and oxygen atoms in total. The van der Waals surface area contributed by atoms with Gasteiger partial charge in [-0.1, -0.05) is 54.1 Å². The topological polar surface area (TPSA) is 75.3 Å². The zero-order valence-corrected chi connectivity index (χ0v) is 17.6. The maximum Gasteiger partial charge on any atom is 0.262 e. The summed E-state index contributed by atoms with van der Waals surface area (Å²) in [4.78, 5) is 12.5. The number of hydrogen-bond acceptors (Lipinski definition) is 3. The Kier molecular flexibility index (Phi) is 6.25. The highest BCUT2D eigenvalue weighted by Crippen LogP contribution is 2.27. The number of sulfonamides is 1. The zero-order valence-electron chi connectivity index (χ0n) is 16.1. The third kappa shape index (κ3) is 5.16. The van der Waals surface area contributed by atoms with Crippen molar-refractivity contribution in [2.24, 2.45) is 0 Å². The molecule has 0 radical (unpaired) electrons. The van der Waals surface area contributed by atoms with E-state index in [2.05, 4.69) is 10.0 Å². The lowest BCUT2D eigenvalue weighted by Gasteiger charge is -2.13. The van der Waals surface area contributed by atoms with Gasteiger partial charge in [-0.15, -0.1) is 0 Å². The van der Waals surface area contributed by atoms with Gasteiger partial charge in [0.1, 0.15) is 0 Å². The van der Waals surface area contributed by atoms with Crippen LogP contribution in [0.15, 0.2) is 71.6 Å². The number of anilines is 2. The van der Waals surface area contributed by atoms with Crippen LogP contribution in [0.2, 0.25) is 5.02 Å². The molecule has 0 heterocycles. The zero-order chi connectivity index (χ0) is 21.0. The van der Waals surface area contributed by atoms with Gasteiger partial charge in [-0.05, 0) is 54.8 Å². The normalized spacial score (nSPS) is 11.1. The molecule has 3 rings (SSSR count). The van der Waals surface area contributed by atoms with Crippen LogP contribution in [0.3, 0.4) is 0 Å². The van der Waals surface area contributed by atoms with E-state index < -0.39 is 10.0 Å². The van der Waals surface area contributed by atoms with Gasteiger partial charge in [-0.2, -0.15) is 0 Å². The van der Waals surface area contributed by atoms with Crippen molar-refractivity contribution in [2.75, 3.05) is 10.0 Å². The molecule has 7 heteroatoms. The van der Waals surface area contributed by atoms with Gasteiger partial charge in [0.2, 0.25) is 5.91 Å². The van der Waals surface area contributed by atoms with Crippen LogP contribution >= 0.6 is 11.6 Å². The number of para-hydroxylation sites is 1. The fraction of sp³-hybridized carbons (Fsp3) is 0.136. The van der Waals surface area contributed by atoms with E-state index in [0.717, 1.165) is 11.1 Å². The average molecular weight is 429 g/mol. The second-order valence-corrected chi connectivity index (χ2v) is 8.78. The number of benzene rings is 3. The summed E-state index contributed by atoms with van der Waals surface area (Å²) in [6.45, 7) is 3.64. The molecule has 0 bridgehead atoms. The minimum atomic E-state index is -3.88. The Bertz CT molecular complexity index is 1160. The fourth-order valence-corrected chi connectivity index (χ4v) is 4.49. The molecule has 0 unspecified atom stereocenters. The molecule has 2 N–H and O–H groups in total. The highest BCUT2D eigenvalue weighted by molar-refractivity contribution is 7.92. The number of rotatable bonds is 6. The molecule has 0 aliphatic carbocycles. The summed E-state index contributed by atoms with van der Waals surface area (Å²) in [6.07, 6.45) is 0.209. The van der Waals surface area contributed by atoms with Crippen molar-refractivity contribution in [3.8, 4) is 0 Å². The standard InChI is InChI=1S/C22H21ClN2O3S/c1-15-7-3-4-8-17(15)13-22(26)24-18-12-11-16(2)21(14-18)29(27,28)25-20-10-6-5-9-19(20)23/h3-12,14,25H,13H2,1-2H3,(H,24,26). The molecular formula is C22H21ClN2O3S. The molecule has 0 aliphatic rings. The molecule has 0 fully saturated rings. The molecule has 0 atom stereocenters. The lowest BCUT2D eigenvalue weighted by Crippen LogP contribution is -2.17. The van der Waals surface area contributed by atoms with Crippen molar-refractivity contribution in [1.82, 2.24) is 0 Å². The smallest absolute Gasteiger partial charge is 0.262 e. The first-order valence-corrected chi connectivity index (χ1v) is 10.8. The van der Waals surface area contributed by atoms with Crippen LogP contribution in [0.25, 0.3) is 0 Å². The van der Waals surface area contributed by atoms with Gasteiger partial charge in [0.25, 0.3) is 10.0 Å². The molecule has 0 spiro atoms. The first-order valence-electron chi connectivity index (χ1n) is 8.98. The second kappa shape index (κ2) is 8.68. The number of carbonyl (C=O) groups excluding carboxylic acids is 1. The van der Waals surface area contributed by atoms with Crippen LogP contribution in [-0.4, -0.2) is 14.3 Å². The molecule has 150 valence electrons. The van der Waals surface area contributed by atoms with Crippen molar-refractivity contribution in [1.29, 1.82) is 0 Å². The summed E-state index contributed by atoms with van der Waals surface area (Å²) in [5, 5.41) is 3.08. The molecule has 1 amide bonds. The minimum absolute atomic E-state index is 0.0751. The van der Waals surface area contributed by atoms with Gasteiger partial charge in [0, 0.05) is 5.69 Å². The van der Waals surface area contributed by atoms with E-state index >= 15 is 0 Å². The van der Waals surface area contributed by atoms with Crippen molar-refractivity contribution >= 4 is 38.9 Å². The summed E-state index contributed by atoms with van der Waals surface area (Å²) in [7, 11) is -3.88. The Labute approximate surface area is 175 Å². The summed E-state index contributed by atoms with van der Waals surface area (Å²) < 4.78 is 28.2. The van der Waals surface area contributed by atoms with E-state index in [9.17, 15) is 13.2 Å². The Morgan fingerprint density at radius 1 is 0.931 bits per heavy atom. The first kappa shape index (κ1) is 20.9. The monoisotopic (exact) mass is 428 g/mol. The van der Waals surface area contributed by atoms with Gasteiger partial charge in [-0.25, -0.2) is 8.42 Å². The second-order valence-electron chi connectivity index (χ2n) is 6.72. The quantitative estimate of drug-likeness (QED) is 0.584. The molecule has 0 saturated heterocycles. The number of carbonyl (C=O) groups is 1. The lowest BCUT2D eigenvalue weighted by molar-refractivity contribution is -0.115. The minimum Gasteiger partial charge on any atom is -0.326 e. The fourth-order valence-electron chi connectivity index (χ4n) is 2.90. The highest BCUT2D eigenvalue weighted by Gasteiger charge is 2.19. The Morgan fingerprint density at radius 2 is 1.62 bits per heavy atom. The number of aryl methyl sites for hydroxylation is 2. The van der Waals surface area contributed by atoms with Crippen LogP contribution in [0.4, 0.5) is 11.4 Å². The van der Waals surface area contributed by atoms with Gasteiger partial charge in [-0.3, -0.25) is 9.52 Å².